The smallest absolute Gasteiger partial charge is 0.298 e. The number of hydrogen-bond acceptors (Lipinski definition) is 5. The molecule has 0 amide bonds. The van der Waals surface area contributed by atoms with Gasteiger partial charge in [-0.1, -0.05) is 11.6 Å². The summed E-state index contributed by atoms with van der Waals surface area (Å²) < 4.78 is 8.06. The van der Waals surface area contributed by atoms with Gasteiger partial charge < -0.3 is 19.2 Å². The van der Waals surface area contributed by atoms with Crippen molar-refractivity contribution in [2.45, 2.75) is 13.0 Å². The topological polar surface area (TPSA) is 59.1 Å². The van der Waals surface area contributed by atoms with Crippen molar-refractivity contribution in [1.29, 1.82) is 0 Å². The first-order valence-electron chi connectivity index (χ1n) is 7.68. The Morgan fingerprint density at radius 3 is 3.00 bits per heavy atom. The minimum absolute atomic E-state index is 0.337. The molecule has 1 saturated heterocycles. The van der Waals surface area contributed by atoms with Crippen LogP contribution in [0.2, 0.25) is 5.02 Å². The van der Waals surface area contributed by atoms with Crippen molar-refractivity contribution in [3.63, 3.8) is 0 Å². The van der Waals surface area contributed by atoms with E-state index >= 15 is 0 Å². The van der Waals surface area contributed by atoms with Crippen molar-refractivity contribution in [2.75, 3.05) is 24.5 Å². The number of nitrogens with one attached hydrogen (secondary N) is 1. The number of oxazole rings is 1. The third-order valence-electron chi connectivity index (χ3n) is 4.25. The van der Waals surface area contributed by atoms with Gasteiger partial charge in [0.25, 0.3) is 6.01 Å². The molecular weight excluding hydrogens is 314 g/mol. The van der Waals surface area contributed by atoms with Gasteiger partial charge in [-0.15, -0.1) is 0 Å². The summed E-state index contributed by atoms with van der Waals surface area (Å²) in [5.41, 5.74) is 2.35. The fourth-order valence-corrected chi connectivity index (χ4v) is 3.24. The Kier molecular flexibility index (Phi) is 3.50. The van der Waals surface area contributed by atoms with E-state index in [0.717, 1.165) is 42.1 Å². The van der Waals surface area contributed by atoms with Gasteiger partial charge in [0.2, 0.25) is 0 Å². The molecule has 23 heavy (non-hydrogen) atoms. The van der Waals surface area contributed by atoms with Crippen LogP contribution in [0.15, 0.2) is 28.9 Å². The lowest BCUT2D eigenvalue weighted by molar-refractivity contribution is 0.456. The minimum Gasteiger partial charge on any atom is -0.423 e. The van der Waals surface area contributed by atoms with Crippen LogP contribution in [0.1, 0.15) is 6.92 Å². The average Bonchev–Trinajstić information content (AvgIpc) is 3.13. The first kappa shape index (κ1) is 14.5. The van der Waals surface area contributed by atoms with E-state index in [4.69, 9.17) is 16.0 Å². The Morgan fingerprint density at radius 1 is 1.39 bits per heavy atom. The van der Waals surface area contributed by atoms with Crippen LogP contribution < -0.4 is 10.2 Å². The normalized spacial score (nSPS) is 18.7. The number of aromatic nitrogens is 3. The van der Waals surface area contributed by atoms with Crippen LogP contribution in [0.25, 0.3) is 22.5 Å². The molecule has 0 bridgehead atoms. The first-order valence-corrected chi connectivity index (χ1v) is 8.06. The summed E-state index contributed by atoms with van der Waals surface area (Å²) in [4.78, 5) is 11.3. The number of rotatable bonds is 2. The third-order valence-corrected chi connectivity index (χ3v) is 4.47. The van der Waals surface area contributed by atoms with Crippen molar-refractivity contribution >= 4 is 28.7 Å². The summed E-state index contributed by atoms with van der Waals surface area (Å²) in [5, 5.41) is 4.00. The largest absolute Gasteiger partial charge is 0.423 e. The second kappa shape index (κ2) is 5.54. The lowest BCUT2D eigenvalue weighted by Gasteiger charge is -2.32. The zero-order chi connectivity index (χ0) is 16.0. The number of fused-ring (bicyclic) bond motifs is 1. The maximum atomic E-state index is 6.27. The molecular formula is C16H18ClN5O. The van der Waals surface area contributed by atoms with Gasteiger partial charge in [-0.2, -0.15) is 4.98 Å². The number of piperazine rings is 1. The van der Waals surface area contributed by atoms with Gasteiger partial charge in [0.15, 0.2) is 5.58 Å². The number of nitrogens with zero attached hydrogens (tertiary/aromatic N) is 4. The van der Waals surface area contributed by atoms with E-state index in [1.54, 1.807) is 6.20 Å². The van der Waals surface area contributed by atoms with Crippen LogP contribution >= 0.6 is 11.6 Å². The molecule has 120 valence electrons. The van der Waals surface area contributed by atoms with Crippen molar-refractivity contribution < 1.29 is 4.42 Å². The summed E-state index contributed by atoms with van der Waals surface area (Å²) in [6.45, 7) is 4.88. The zero-order valence-electron chi connectivity index (χ0n) is 13.1. The fourth-order valence-electron chi connectivity index (χ4n) is 3.03. The molecule has 0 radical (unpaired) electrons. The maximum Gasteiger partial charge on any atom is 0.298 e. The van der Waals surface area contributed by atoms with Crippen LogP contribution in [0.5, 0.6) is 0 Å². The van der Waals surface area contributed by atoms with E-state index in [2.05, 4.69) is 27.1 Å². The van der Waals surface area contributed by atoms with Gasteiger partial charge in [0, 0.05) is 50.1 Å². The molecule has 1 unspecified atom stereocenters. The van der Waals surface area contributed by atoms with Gasteiger partial charge in [0.1, 0.15) is 11.3 Å². The lowest BCUT2D eigenvalue weighted by atomic mass is 10.2. The first-order chi connectivity index (χ1) is 11.1. The predicted molar refractivity (Wildman–Crippen MR) is 90.9 cm³/mol. The molecule has 7 heteroatoms. The Hall–Kier alpha value is -2.05. The highest BCUT2D eigenvalue weighted by Crippen LogP contribution is 2.34. The van der Waals surface area contributed by atoms with E-state index in [9.17, 15) is 0 Å². The van der Waals surface area contributed by atoms with Crippen LogP contribution in [-0.2, 0) is 7.05 Å². The SMILES string of the molecule is CC1CNCCN1c1nc2cc(Cl)cc(-c3nccn3C)c2o1. The molecule has 1 atom stereocenters. The average molecular weight is 332 g/mol. The van der Waals surface area contributed by atoms with Crippen LogP contribution in [0.4, 0.5) is 6.01 Å². The van der Waals surface area contributed by atoms with Gasteiger partial charge in [-0.25, -0.2) is 4.98 Å². The number of benzene rings is 1. The maximum absolute atomic E-state index is 6.27. The van der Waals surface area contributed by atoms with Crippen molar-refractivity contribution in [3.8, 4) is 11.4 Å². The molecule has 3 aromatic rings. The molecule has 2 aromatic heterocycles. The Bertz CT molecular complexity index is 855. The molecule has 4 rings (SSSR count). The van der Waals surface area contributed by atoms with Gasteiger partial charge in [-0.3, -0.25) is 0 Å². The van der Waals surface area contributed by atoms with E-state index in [-0.39, 0.29) is 0 Å². The Labute approximate surface area is 139 Å². The van der Waals surface area contributed by atoms with Gasteiger partial charge in [-0.05, 0) is 19.1 Å². The van der Waals surface area contributed by atoms with E-state index < -0.39 is 0 Å². The number of anilines is 1. The summed E-state index contributed by atoms with van der Waals surface area (Å²) in [7, 11) is 1.95. The molecule has 1 aliphatic rings. The molecule has 1 aliphatic heterocycles. The Morgan fingerprint density at radius 2 is 2.26 bits per heavy atom. The Balaban J connectivity index is 1.87. The third kappa shape index (κ3) is 2.48. The molecule has 0 saturated carbocycles. The van der Waals surface area contributed by atoms with Gasteiger partial charge in [0.05, 0.1) is 5.56 Å². The van der Waals surface area contributed by atoms with Crippen molar-refractivity contribution in [1.82, 2.24) is 19.9 Å². The van der Waals surface area contributed by atoms with Crippen molar-refractivity contribution in [2.24, 2.45) is 7.05 Å². The van der Waals surface area contributed by atoms with Crippen LogP contribution in [0.3, 0.4) is 0 Å². The van der Waals surface area contributed by atoms with Crippen molar-refractivity contribution in [3.05, 3.63) is 29.5 Å². The molecule has 3 heterocycles. The highest BCUT2D eigenvalue weighted by Gasteiger charge is 2.24. The number of aryl methyl sites for hydroxylation is 1. The van der Waals surface area contributed by atoms with E-state index in [0.29, 0.717) is 17.1 Å². The summed E-state index contributed by atoms with van der Waals surface area (Å²) >= 11 is 6.27. The minimum atomic E-state index is 0.337. The fraction of sp³-hybridized carbons (Fsp3) is 0.375. The van der Waals surface area contributed by atoms with Crippen LogP contribution in [-0.4, -0.2) is 40.2 Å². The van der Waals surface area contributed by atoms with E-state index in [1.165, 1.54) is 0 Å². The number of halogens is 1. The lowest BCUT2D eigenvalue weighted by Crippen LogP contribution is -2.50. The molecule has 0 spiro atoms. The predicted octanol–water partition coefficient (Wildman–Crippen LogP) is 2.68. The second-order valence-electron chi connectivity index (χ2n) is 5.91. The molecule has 6 nitrogen and oxygen atoms in total. The zero-order valence-corrected chi connectivity index (χ0v) is 13.8. The standard InChI is InChI=1S/C16H18ClN5O/c1-10-9-18-3-6-22(10)16-20-13-8-11(17)7-12(14(13)23-16)15-19-4-5-21(15)2/h4-5,7-8,10,18H,3,6,9H2,1-2H3. The quantitative estimate of drug-likeness (QED) is 0.782. The second-order valence-corrected chi connectivity index (χ2v) is 6.34. The summed E-state index contributed by atoms with van der Waals surface area (Å²) in [6.07, 6.45) is 3.66. The highest BCUT2D eigenvalue weighted by atomic mass is 35.5. The molecule has 1 N–H and O–H groups in total. The highest BCUT2D eigenvalue weighted by molar-refractivity contribution is 6.31. The number of hydrogen-bond donors (Lipinski definition) is 1. The molecule has 1 fully saturated rings. The monoisotopic (exact) mass is 331 g/mol. The van der Waals surface area contributed by atoms with E-state index in [1.807, 2.05) is 29.9 Å². The van der Waals surface area contributed by atoms with Crippen LogP contribution in [0, 0.1) is 0 Å². The molecule has 0 aliphatic carbocycles. The summed E-state index contributed by atoms with van der Waals surface area (Å²) in [5.74, 6) is 0.813. The van der Waals surface area contributed by atoms with Gasteiger partial charge >= 0.3 is 0 Å². The molecule has 1 aromatic carbocycles. The summed E-state index contributed by atoms with van der Waals surface area (Å²) in [6, 6.07) is 4.70. The number of imidazole rings is 1.